The molecule has 2 amide bonds. The standard InChI is InChI=1S/C15H19NO2/c1-10-4-5-12(3)13(6-10)15(7-11(2)8-15)14(18)16-9-17/h4-6,9,11H,7-8H2,1-3H3,(H,16,17,18). The van der Waals surface area contributed by atoms with Crippen molar-refractivity contribution < 1.29 is 9.59 Å². The minimum atomic E-state index is -0.504. The molecule has 0 aromatic heterocycles. The van der Waals surface area contributed by atoms with Gasteiger partial charge in [0.05, 0.1) is 5.41 Å². The number of nitrogens with one attached hydrogen (secondary N) is 1. The second kappa shape index (κ2) is 4.56. The molecule has 0 radical (unpaired) electrons. The lowest BCUT2D eigenvalue weighted by Gasteiger charge is -2.45. The highest BCUT2D eigenvalue weighted by Crippen LogP contribution is 2.48. The van der Waals surface area contributed by atoms with Gasteiger partial charge in [-0.25, -0.2) is 0 Å². The van der Waals surface area contributed by atoms with E-state index in [4.69, 9.17) is 0 Å². The van der Waals surface area contributed by atoms with Gasteiger partial charge in [-0.15, -0.1) is 0 Å². The zero-order valence-electron chi connectivity index (χ0n) is 11.1. The van der Waals surface area contributed by atoms with Crippen molar-refractivity contribution in [1.82, 2.24) is 5.32 Å². The lowest BCUT2D eigenvalue weighted by atomic mass is 9.57. The Morgan fingerprint density at radius 1 is 1.39 bits per heavy atom. The summed E-state index contributed by atoms with van der Waals surface area (Å²) in [6.45, 7) is 6.18. The number of imide groups is 1. The van der Waals surface area contributed by atoms with E-state index in [1.165, 1.54) is 0 Å². The van der Waals surface area contributed by atoms with E-state index in [0.717, 1.165) is 29.5 Å². The SMILES string of the molecule is Cc1ccc(C)c(C2(C(=O)NC=O)CC(C)C2)c1. The predicted molar refractivity (Wildman–Crippen MR) is 70.2 cm³/mol. The molecule has 1 aliphatic rings. The van der Waals surface area contributed by atoms with Crippen LogP contribution in [0.5, 0.6) is 0 Å². The van der Waals surface area contributed by atoms with E-state index in [2.05, 4.69) is 18.3 Å². The summed E-state index contributed by atoms with van der Waals surface area (Å²) >= 11 is 0. The normalized spacial score (nSPS) is 26.3. The molecule has 1 aromatic carbocycles. The third-order valence-electron chi connectivity index (χ3n) is 3.93. The molecule has 3 heteroatoms. The number of carbonyl (C=O) groups excluding carboxylic acids is 2. The Kier molecular flexibility index (Phi) is 3.24. The quantitative estimate of drug-likeness (QED) is 0.830. The molecule has 0 bridgehead atoms. The van der Waals surface area contributed by atoms with Crippen molar-refractivity contribution in [2.24, 2.45) is 5.92 Å². The maximum absolute atomic E-state index is 12.2. The maximum atomic E-state index is 12.2. The van der Waals surface area contributed by atoms with Crippen molar-refractivity contribution in [1.29, 1.82) is 0 Å². The molecule has 0 unspecified atom stereocenters. The fraction of sp³-hybridized carbons (Fsp3) is 0.467. The van der Waals surface area contributed by atoms with Crippen molar-refractivity contribution in [3.63, 3.8) is 0 Å². The third kappa shape index (κ3) is 1.94. The van der Waals surface area contributed by atoms with Crippen molar-refractivity contribution >= 4 is 12.3 Å². The first-order valence-electron chi connectivity index (χ1n) is 6.32. The number of amides is 2. The summed E-state index contributed by atoms with van der Waals surface area (Å²) in [6, 6.07) is 6.17. The second-order valence-corrected chi connectivity index (χ2v) is 5.51. The molecule has 1 N–H and O–H groups in total. The Balaban J connectivity index is 2.45. The molecule has 1 fully saturated rings. The highest BCUT2D eigenvalue weighted by molar-refractivity contribution is 5.95. The summed E-state index contributed by atoms with van der Waals surface area (Å²) in [5.41, 5.74) is 2.83. The summed E-state index contributed by atoms with van der Waals surface area (Å²) in [6.07, 6.45) is 2.12. The van der Waals surface area contributed by atoms with Gasteiger partial charge < -0.3 is 0 Å². The van der Waals surface area contributed by atoms with E-state index in [-0.39, 0.29) is 5.91 Å². The smallest absolute Gasteiger partial charge is 0.237 e. The minimum Gasteiger partial charge on any atom is -0.298 e. The first-order chi connectivity index (χ1) is 8.49. The van der Waals surface area contributed by atoms with Crippen molar-refractivity contribution in [3.8, 4) is 0 Å². The molecule has 2 rings (SSSR count). The van der Waals surface area contributed by atoms with Gasteiger partial charge in [-0.3, -0.25) is 14.9 Å². The average Bonchev–Trinajstić information content (AvgIpc) is 2.28. The molecule has 0 aliphatic heterocycles. The molecule has 0 heterocycles. The fourth-order valence-electron chi connectivity index (χ4n) is 3.10. The first-order valence-corrected chi connectivity index (χ1v) is 6.32. The highest BCUT2D eigenvalue weighted by atomic mass is 16.2. The lowest BCUT2D eigenvalue weighted by Crippen LogP contribution is -2.52. The number of rotatable bonds is 3. The van der Waals surface area contributed by atoms with Gasteiger partial charge in [0.25, 0.3) is 0 Å². The van der Waals surface area contributed by atoms with Crippen LogP contribution in [0.4, 0.5) is 0 Å². The van der Waals surface area contributed by atoms with Crippen LogP contribution in [0.15, 0.2) is 18.2 Å². The number of benzene rings is 1. The van der Waals surface area contributed by atoms with E-state index in [0.29, 0.717) is 12.3 Å². The van der Waals surface area contributed by atoms with Gasteiger partial charge in [0, 0.05) is 0 Å². The van der Waals surface area contributed by atoms with Crippen LogP contribution < -0.4 is 5.32 Å². The zero-order valence-corrected chi connectivity index (χ0v) is 11.1. The summed E-state index contributed by atoms with van der Waals surface area (Å²) in [5, 5.41) is 2.33. The number of carbonyl (C=O) groups is 2. The topological polar surface area (TPSA) is 46.2 Å². The van der Waals surface area contributed by atoms with Crippen LogP contribution in [0.1, 0.15) is 36.5 Å². The van der Waals surface area contributed by atoms with E-state index in [1.54, 1.807) is 0 Å². The fourth-order valence-corrected chi connectivity index (χ4v) is 3.10. The number of hydrogen-bond acceptors (Lipinski definition) is 2. The molecule has 3 nitrogen and oxygen atoms in total. The summed E-state index contributed by atoms with van der Waals surface area (Å²) in [7, 11) is 0. The Morgan fingerprint density at radius 3 is 2.61 bits per heavy atom. The third-order valence-corrected chi connectivity index (χ3v) is 3.93. The number of hydrogen-bond donors (Lipinski definition) is 1. The van der Waals surface area contributed by atoms with Crippen LogP contribution in [0.3, 0.4) is 0 Å². The summed E-state index contributed by atoms with van der Waals surface area (Å²) < 4.78 is 0. The molecule has 1 aliphatic carbocycles. The first kappa shape index (κ1) is 12.8. The molecule has 0 atom stereocenters. The molecular weight excluding hydrogens is 226 g/mol. The molecule has 18 heavy (non-hydrogen) atoms. The van der Waals surface area contributed by atoms with Crippen LogP contribution in [-0.4, -0.2) is 12.3 Å². The van der Waals surface area contributed by atoms with Crippen LogP contribution in [0.2, 0.25) is 0 Å². The Labute approximate surface area is 108 Å². The van der Waals surface area contributed by atoms with Crippen molar-refractivity contribution in [3.05, 3.63) is 34.9 Å². The van der Waals surface area contributed by atoms with E-state index >= 15 is 0 Å². The van der Waals surface area contributed by atoms with E-state index in [9.17, 15) is 9.59 Å². The molecule has 0 saturated heterocycles. The lowest BCUT2D eigenvalue weighted by molar-refractivity contribution is -0.134. The molecule has 96 valence electrons. The van der Waals surface area contributed by atoms with Crippen LogP contribution in [-0.2, 0) is 15.0 Å². The number of aryl methyl sites for hydroxylation is 2. The average molecular weight is 245 g/mol. The molecular formula is C15H19NO2. The Hall–Kier alpha value is -1.64. The van der Waals surface area contributed by atoms with Gasteiger partial charge in [0.1, 0.15) is 0 Å². The Morgan fingerprint density at radius 2 is 2.06 bits per heavy atom. The van der Waals surface area contributed by atoms with Crippen LogP contribution in [0, 0.1) is 19.8 Å². The summed E-state index contributed by atoms with van der Waals surface area (Å²) in [5.74, 6) is 0.367. The van der Waals surface area contributed by atoms with Gasteiger partial charge in [-0.2, -0.15) is 0 Å². The van der Waals surface area contributed by atoms with Crippen LogP contribution >= 0.6 is 0 Å². The van der Waals surface area contributed by atoms with Crippen LogP contribution in [0.25, 0.3) is 0 Å². The highest BCUT2D eigenvalue weighted by Gasteiger charge is 2.50. The molecule has 0 spiro atoms. The van der Waals surface area contributed by atoms with Crippen molar-refractivity contribution in [2.45, 2.75) is 39.0 Å². The van der Waals surface area contributed by atoms with Gasteiger partial charge in [0.15, 0.2) is 0 Å². The van der Waals surface area contributed by atoms with Gasteiger partial charge >= 0.3 is 0 Å². The monoisotopic (exact) mass is 245 g/mol. The van der Waals surface area contributed by atoms with E-state index in [1.807, 2.05) is 26.0 Å². The molecule has 1 saturated carbocycles. The Bertz CT molecular complexity index is 487. The zero-order chi connectivity index (χ0) is 13.3. The molecule has 1 aromatic rings. The second-order valence-electron chi connectivity index (χ2n) is 5.51. The largest absolute Gasteiger partial charge is 0.298 e. The van der Waals surface area contributed by atoms with Gasteiger partial charge in [-0.05, 0) is 43.7 Å². The predicted octanol–water partition coefficient (Wildman–Crippen LogP) is 2.24. The van der Waals surface area contributed by atoms with Crippen molar-refractivity contribution in [2.75, 3.05) is 0 Å². The summed E-state index contributed by atoms with van der Waals surface area (Å²) in [4.78, 5) is 22.7. The van der Waals surface area contributed by atoms with Gasteiger partial charge in [0.2, 0.25) is 12.3 Å². The minimum absolute atomic E-state index is 0.163. The van der Waals surface area contributed by atoms with E-state index < -0.39 is 5.41 Å². The van der Waals surface area contributed by atoms with Gasteiger partial charge in [-0.1, -0.05) is 30.7 Å². The maximum Gasteiger partial charge on any atom is 0.237 e.